The lowest BCUT2D eigenvalue weighted by Gasteiger charge is -2.17. The summed E-state index contributed by atoms with van der Waals surface area (Å²) in [6.07, 6.45) is 0. The molecule has 108 valence electrons. The first-order chi connectivity index (χ1) is 9.44. The zero-order valence-electron chi connectivity index (χ0n) is 11.3. The Kier molecular flexibility index (Phi) is 4.32. The quantitative estimate of drug-likeness (QED) is 0.740. The Morgan fingerprint density at radius 3 is 2.65 bits per heavy atom. The third-order valence-electron chi connectivity index (χ3n) is 2.91. The van der Waals surface area contributed by atoms with Gasteiger partial charge in [-0.1, -0.05) is 6.07 Å². The van der Waals surface area contributed by atoms with E-state index in [0.717, 1.165) is 4.88 Å². The topological polar surface area (TPSA) is 84.2 Å². The van der Waals surface area contributed by atoms with Crippen LogP contribution in [0.1, 0.15) is 17.8 Å². The monoisotopic (exact) mass is 311 g/mol. The highest BCUT2D eigenvalue weighted by atomic mass is 32.2. The maximum absolute atomic E-state index is 12.0. The fraction of sp³-hybridized carbons (Fsp3) is 0.231. The smallest absolute Gasteiger partial charge is 0.242 e. The van der Waals surface area contributed by atoms with Crippen molar-refractivity contribution in [1.29, 1.82) is 0 Å². The van der Waals surface area contributed by atoms with Gasteiger partial charge in [0.25, 0.3) is 0 Å². The van der Waals surface area contributed by atoms with Gasteiger partial charge in [-0.2, -0.15) is 0 Å². The summed E-state index contributed by atoms with van der Waals surface area (Å²) >= 11 is 1.62. The molecule has 0 saturated heterocycles. The fourth-order valence-electron chi connectivity index (χ4n) is 1.83. The van der Waals surface area contributed by atoms with Crippen molar-refractivity contribution in [1.82, 2.24) is 4.72 Å². The zero-order chi connectivity index (χ0) is 14.8. The third kappa shape index (κ3) is 3.12. The first-order valence-electron chi connectivity index (χ1n) is 6.07. The number of hydrogen-bond acceptors (Lipinski definition) is 5. The summed E-state index contributed by atoms with van der Waals surface area (Å²) in [5.41, 5.74) is 6.63. The minimum atomic E-state index is -3.55. The van der Waals surface area contributed by atoms with E-state index in [1.807, 2.05) is 24.4 Å². The maximum Gasteiger partial charge on any atom is 0.242 e. The Balaban J connectivity index is 2.37. The highest BCUT2D eigenvalue weighted by Gasteiger charge is 2.18. The number of hydrogen-bond donors (Lipinski definition) is 3. The summed E-state index contributed by atoms with van der Waals surface area (Å²) in [6, 6.07) is 8.81. The maximum atomic E-state index is 12.0. The number of sulfonamides is 1. The van der Waals surface area contributed by atoms with E-state index in [9.17, 15) is 8.42 Å². The van der Waals surface area contributed by atoms with E-state index in [4.69, 9.17) is 5.73 Å². The molecule has 2 aromatic rings. The second-order valence-corrected chi connectivity index (χ2v) is 7.18. The molecule has 0 radical (unpaired) electrons. The lowest BCUT2D eigenvalue weighted by molar-refractivity contribution is 0.588. The van der Waals surface area contributed by atoms with Crippen molar-refractivity contribution < 1.29 is 8.42 Å². The number of rotatable bonds is 5. The van der Waals surface area contributed by atoms with Gasteiger partial charge in [0.15, 0.2) is 0 Å². The molecule has 1 aromatic heterocycles. The number of nitrogen functional groups attached to an aromatic ring is 1. The first-order valence-corrected chi connectivity index (χ1v) is 8.43. The first kappa shape index (κ1) is 14.8. The van der Waals surface area contributed by atoms with Gasteiger partial charge in [-0.05, 0) is 43.6 Å². The lowest BCUT2D eigenvalue weighted by Crippen LogP contribution is -2.21. The minimum Gasteiger partial charge on any atom is -0.399 e. The standard InChI is InChI=1S/C13H17N3O2S2/c1-9(12-4-3-7-19-12)16-11-6-5-10(14)8-13(11)20(17,18)15-2/h3-9,15-16H,14H2,1-2H3. The molecular formula is C13H17N3O2S2. The van der Waals surface area contributed by atoms with Gasteiger partial charge in [-0.15, -0.1) is 11.3 Å². The van der Waals surface area contributed by atoms with Gasteiger partial charge in [-0.3, -0.25) is 0 Å². The lowest BCUT2D eigenvalue weighted by atomic mass is 10.2. The highest BCUT2D eigenvalue weighted by Crippen LogP contribution is 2.29. The Hall–Kier alpha value is -1.57. The van der Waals surface area contributed by atoms with Crippen LogP contribution in [0.15, 0.2) is 40.6 Å². The van der Waals surface area contributed by atoms with Crippen LogP contribution in [-0.2, 0) is 10.0 Å². The van der Waals surface area contributed by atoms with Crippen molar-refractivity contribution in [3.63, 3.8) is 0 Å². The van der Waals surface area contributed by atoms with Crippen LogP contribution in [0, 0.1) is 0 Å². The molecule has 0 saturated carbocycles. The van der Waals surface area contributed by atoms with Crippen LogP contribution in [0.4, 0.5) is 11.4 Å². The second kappa shape index (κ2) is 5.82. The molecule has 0 fully saturated rings. The van der Waals surface area contributed by atoms with E-state index in [0.29, 0.717) is 11.4 Å². The minimum absolute atomic E-state index is 0.0180. The molecule has 2 rings (SSSR count). The molecule has 1 heterocycles. The van der Waals surface area contributed by atoms with Crippen LogP contribution in [0.5, 0.6) is 0 Å². The molecule has 1 atom stereocenters. The van der Waals surface area contributed by atoms with Crippen LogP contribution in [-0.4, -0.2) is 15.5 Å². The number of anilines is 2. The molecular weight excluding hydrogens is 294 g/mol. The van der Waals surface area contributed by atoms with E-state index in [1.54, 1.807) is 23.5 Å². The molecule has 1 unspecified atom stereocenters. The average Bonchev–Trinajstić information content (AvgIpc) is 2.94. The highest BCUT2D eigenvalue weighted by molar-refractivity contribution is 7.89. The summed E-state index contributed by atoms with van der Waals surface area (Å²) in [4.78, 5) is 1.29. The van der Waals surface area contributed by atoms with Gasteiger partial charge in [-0.25, -0.2) is 13.1 Å². The normalized spacial score (nSPS) is 13.1. The summed E-state index contributed by atoms with van der Waals surface area (Å²) in [6.45, 7) is 1.98. The number of benzene rings is 1. The van der Waals surface area contributed by atoms with Gasteiger partial charge in [0.2, 0.25) is 10.0 Å². The third-order valence-corrected chi connectivity index (χ3v) is 5.42. The molecule has 0 aliphatic heterocycles. The van der Waals surface area contributed by atoms with Gasteiger partial charge in [0.05, 0.1) is 11.7 Å². The van der Waals surface area contributed by atoms with E-state index in [-0.39, 0.29) is 10.9 Å². The summed E-state index contributed by atoms with van der Waals surface area (Å²) in [7, 11) is -2.17. The van der Waals surface area contributed by atoms with Crippen LogP contribution in [0.25, 0.3) is 0 Å². The summed E-state index contributed by atoms with van der Waals surface area (Å²) < 4.78 is 26.4. The van der Waals surface area contributed by atoms with Gasteiger partial charge in [0.1, 0.15) is 4.90 Å². The Morgan fingerprint density at radius 2 is 2.05 bits per heavy atom. The van der Waals surface area contributed by atoms with E-state index in [1.165, 1.54) is 13.1 Å². The van der Waals surface area contributed by atoms with Crippen molar-refractivity contribution in [3.05, 3.63) is 40.6 Å². The molecule has 0 amide bonds. The number of nitrogens with two attached hydrogens (primary N) is 1. The van der Waals surface area contributed by atoms with Crippen LogP contribution >= 0.6 is 11.3 Å². The van der Waals surface area contributed by atoms with Gasteiger partial charge >= 0.3 is 0 Å². The Bertz CT molecular complexity index is 682. The van der Waals surface area contributed by atoms with Crippen molar-refractivity contribution in [3.8, 4) is 0 Å². The number of thiophene rings is 1. The van der Waals surface area contributed by atoms with E-state index >= 15 is 0 Å². The Morgan fingerprint density at radius 1 is 1.30 bits per heavy atom. The molecule has 5 nitrogen and oxygen atoms in total. The second-order valence-electron chi connectivity index (χ2n) is 4.34. The SMILES string of the molecule is CNS(=O)(=O)c1cc(N)ccc1NC(C)c1cccs1. The molecule has 20 heavy (non-hydrogen) atoms. The fourth-order valence-corrected chi connectivity index (χ4v) is 3.49. The van der Waals surface area contributed by atoms with Gasteiger partial charge < -0.3 is 11.1 Å². The van der Waals surface area contributed by atoms with E-state index in [2.05, 4.69) is 10.0 Å². The number of nitrogens with one attached hydrogen (secondary N) is 2. The van der Waals surface area contributed by atoms with Crippen molar-refractivity contribution in [2.75, 3.05) is 18.1 Å². The van der Waals surface area contributed by atoms with Crippen molar-refractivity contribution in [2.45, 2.75) is 17.9 Å². The van der Waals surface area contributed by atoms with Crippen LogP contribution in [0.3, 0.4) is 0 Å². The summed E-state index contributed by atoms with van der Waals surface area (Å²) in [5.74, 6) is 0. The molecule has 0 aliphatic carbocycles. The van der Waals surface area contributed by atoms with Gasteiger partial charge in [0, 0.05) is 10.6 Å². The molecule has 0 aliphatic rings. The average molecular weight is 311 g/mol. The molecule has 4 N–H and O–H groups in total. The van der Waals surface area contributed by atoms with Crippen LogP contribution in [0.2, 0.25) is 0 Å². The molecule has 0 bridgehead atoms. The van der Waals surface area contributed by atoms with Crippen molar-refractivity contribution in [2.24, 2.45) is 0 Å². The van der Waals surface area contributed by atoms with E-state index < -0.39 is 10.0 Å². The molecule has 0 spiro atoms. The predicted molar refractivity (Wildman–Crippen MR) is 83.5 cm³/mol. The Labute approximate surface area is 122 Å². The predicted octanol–water partition coefficient (Wildman–Crippen LogP) is 2.41. The molecule has 1 aromatic carbocycles. The zero-order valence-corrected chi connectivity index (χ0v) is 12.9. The largest absolute Gasteiger partial charge is 0.399 e. The van der Waals surface area contributed by atoms with Crippen molar-refractivity contribution >= 4 is 32.7 Å². The summed E-state index contributed by atoms with van der Waals surface area (Å²) in [5, 5.41) is 5.20. The molecule has 7 heteroatoms. The van der Waals surface area contributed by atoms with Crippen LogP contribution < -0.4 is 15.8 Å².